The number of nitrogens with zero attached hydrogens (tertiary/aromatic N) is 2. The molecule has 0 aromatic heterocycles. The van der Waals surface area contributed by atoms with Crippen molar-refractivity contribution in [1.82, 2.24) is 52.3 Å². The smallest absolute Gasteiger partial charge is 0.246 e. The monoisotopic (exact) mass is 1110 g/mol. The van der Waals surface area contributed by atoms with Crippen LogP contribution < -0.4 is 42.5 Å². The average molecular weight is 1110 g/mol. The van der Waals surface area contributed by atoms with E-state index in [9.17, 15) is 58.2 Å². The highest BCUT2D eigenvalue weighted by Crippen LogP contribution is 2.24. The Morgan fingerprint density at radius 3 is 1.76 bits per heavy atom. The molecule has 0 aromatic carbocycles. The number of likely N-dealkylation sites (tertiary alicyclic amines) is 1. The summed E-state index contributed by atoms with van der Waals surface area (Å²) in [5.74, 6) is -7.29. The molecule has 1 aliphatic rings. The topological polar surface area (TPSA) is 314 Å². The van der Waals surface area contributed by atoms with Crippen LogP contribution in [-0.4, -0.2) is 171 Å². The molecule has 0 aliphatic carbocycles. The van der Waals surface area contributed by atoms with Crippen LogP contribution in [0.1, 0.15) is 181 Å². The third kappa shape index (κ3) is 23.6. The van der Waals surface area contributed by atoms with Gasteiger partial charge in [-0.15, -0.1) is 0 Å². The van der Waals surface area contributed by atoms with Crippen LogP contribution in [0.4, 0.5) is 0 Å². The number of carbonyl (C=O) groups is 10. The fraction of sp³-hybridized carbons (Fsp3) is 0.821. The number of aliphatic hydroxyl groups is 2. The summed E-state index contributed by atoms with van der Waals surface area (Å²) in [6, 6.07) is -5.99. The first kappa shape index (κ1) is 70.8. The summed E-state index contributed by atoms with van der Waals surface area (Å²) >= 11 is 0. The summed E-state index contributed by atoms with van der Waals surface area (Å²) in [6.07, 6.45) is 5.15. The van der Waals surface area contributed by atoms with Crippen molar-refractivity contribution in [3.05, 3.63) is 0 Å². The van der Waals surface area contributed by atoms with Crippen molar-refractivity contribution in [3.63, 3.8) is 0 Å². The lowest BCUT2D eigenvalue weighted by molar-refractivity contribution is -0.142. The molecule has 22 heteroatoms. The molecule has 9 atom stereocenters. The largest absolute Gasteiger partial charge is 0.395 e. The summed E-state index contributed by atoms with van der Waals surface area (Å²) < 4.78 is 0. The zero-order valence-electron chi connectivity index (χ0n) is 50.3. The SMILES string of the molecule is CCCCCCC(C)C(=O)N1CCCC1C(=O)NC(CC(C)CC(O)CC(=O)CC)C(=O)NC(C)C(=O)NC(C)(C)C(=O)NC(C(=O)NC(C(=O)NC(C)(C)C(=O)NC(C)(C)C(=O)NC(C)CN(C)CCO)C(C)C)C(C)C. The number of carbonyl (C=O) groups excluding carboxylic acids is 10. The first-order chi connectivity index (χ1) is 36.0. The average Bonchev–Trinajstić information content (AvgIpc) is 3.82. The van der Waals surface area contributed by atoms with E-state index in [1.807, 2.05) is 11.8 Å². The molecule has 1 fully saturated rings. The van der Waals surface area contributed by atoms with Gasteiger partial charge in [0.2, 0.25) is 53.2 Å². The maximum absolute atomic E-state index is 14.1. The van der Waals surface area contributed by atoms with Gasteiger partial charge in [0, 0.05) is 44.4 Å². The van der Waals surface area contributed by atoms with E-state index in [1.54, 1.807) is 60.4 Å². The molecule has 1 heterocycles. The van der Waals surface area contributed by atoms with Gasteiger partial charge in [-0.3, -0.25) is 47.9 Å². The minimum absolute atomic E-state index is 0.0291. The van der Waals surface area contributed by atoms with E-state index in [2.05, 4.69) is 49.5 Å². The van der Waals surface area contributed by atoms with E-state index in [4.69, 9.17) is 0 Å². The lowest BCUT2D eigenvalue weighted by atomic mass is 9.92. The van der Waals surface area contributed by atoms with E-state index >= 15 is 0 Å². The van der Waals surface area contributed by atoms with Crippen molar-refractivity contribution in [2.45, 2.75) is 240 Å². The predicted molar refractivity (Wildman–Crippen MR) is 299 cm³/mol. The van der Waals surface area contributed by atoms with Gasteiger partial charge < -0.3 is 62.5 Å². The molecule has 1 saturated heterocycles. The molecule has 10 N–H and O–H groups in total. The van der Waals surface area contributed by atoms with Gasteiger partial charge in [0.15, 0.2) is 0 Å². The molecule has 1 aliphatic heterocycles. The highest BCUT2D eigenvalue weighted by Gasteiger charge is 2.42. The van der Waals surface area contributed by atoms with Gasteiger partial charge in [-0.1, -0.05) is 81.1 Å². The molecule has 22 nitrogen and oxygen atoms in total. The van der Waals surface area contributed by atoms with Gasteiger partial charge in [0.1, 0.15) is 52.6 Å². The van der Waals surface area contributed by atoms with E-state index < -0.39 is 112 Å². The van der Waals surface area contributed by atoms with Crippen LogP contribution >= 0.6 is 0 Å². The molecule has 0 saturated carbocycles. The van der Waals surface area contributed by atoms with Gasteiger partial charge in [-0.2, -0.15) is 0 Å². The number of rotatable bonds is 35. The van der Waals surface area contributed by atoms with Crippen LogP contribution in [0.2, 0.25) is 0 Å². The number of amides is 9. The highest BCUT2D eigenvalue weighted by atomic mass is 16.3. The zero-order chi connectivity index (χ0) is 60.0. The van der Waals surface area contributed by atoms with Gasteiger partial charge in [-0.05, 0) is 112 Å². The van der Waals surface area contributed by atoms with Crippen LogP contribution in [0.25, 0.3) is 0 Å². The first-order valence-corrected chi connectivity index (χ1v) is 28.3. The number of Topliss-reactive ketones (excluding diaryl/α,β-unsaturated/α-hetero) is 1. The van der Waals surface area contributed by atoms with E-state index in [0.717, 1.165) is 25.7 Å². The molecule has 78 heavy (non-hydrogen) atoms. The second-order valence-electron chi connectivity index (χ2n) is 24.2. The molecule has 0 aromatic rings. The quantitative estimate of drug-likeness (QED) is 0.0408. The van der Waals surface area contributed by atoms with Crippen molar-refractivity contribution < 1.29 is 58.2 Å². The summed E-state index contributed by atoms with van der Waals surface area (Å²) in [5, 5.41) is 41.6. The molecule has 0 bridgehead atoms. The fourth-order valence-corrected chi connectivity index (χ4v) is 9.15. The van der Waals surface area contributed by atoms with Gasteiger partial charge in [0.25, 0.3) is 0 Å². The number of hydrogen-bond donors (Lipinski definition) is 10. The highest BCUT2D eigenvalue weighted by molar-refractivity contribution is 6.00. The number of nitrogens with one attached hydrogen (secondary N) is 8. The fourth-order valence-electron chi connectivity index (χ4n) is 9.15. The zero-order valence-corrected chi connectivity index (χ0v) is 50.3. The van der Waals surface area contributed by atoms with Gasteiger partial charge in [-0.25, -0.2) is 0 Å². The Bertz CT molecular complexity index is 2030. The standard InChI is InChI=1S/C56H102N10O12/c1-18-20-21-22-24-36(8)50(75)66-26-23-25-42(66)47(72)59-41(30-35(7)29-40(69)31-39(68)19-2)46(71)58-38(10)45(70)62-54(11,12)52(77)61-43(33(3)4)48(73)60-44(34(5)6)49(74)63-56(15,16)53(78)64-55(13,14)51(76)57-37(9)32-65(17)27-28-67/h33-38,40-44,67,69H,18-32H2,1-17H3,(H,57,76)(H,58,71)(H,59,72)(H,60,73)(H,61,77)(H,62,70)(H,63,74)(H,64,78). The Labute approximate surface area is 465 Å². The third-order valence-electron chi connectivity index (χ3n) is 14.2. The Hall–Kier alpha value is -5.22. The van der Waals surface area contributed by atoms with Crippen molar-refractivity contribution in [2.24, 2.45) is 23.7 Å². The maximum Gasteiger partial charge on any atom is 0.246 e. The Kier molecular flexibility index (Phi) is 29.7. The number of likely N-dealkylation sites (N-methyl/N-ethyl adjacent to an activating group) is 1. The number of unbranched alkanes of at least 4 members (excludes halogenated alkanes) is 3. The normalized spacial score (nSPS) is 17.2. The molecule has 0 spiro atoms. The molecule has 0 radical (unpaired) electrons. The van der Waals surface area contributed by atoms with Crippen LogP contribution in [0.3, 0.4) is 0 Å². The lowest BCUT2D eigenvalue weighted by Gasteiger charge is -2.35. The predicted octanol–water partition coefficient (Wildman–Crippen LogP) is 2.11. The van der Waals surface area contributed by atoms with Crippen molar-refractivity contribution in [1.29, 1.82) is 0 Å². The third-order valence-corrected chi connectivity index (χ3v) is 14.2. The van der Waals surface area contributed by atoms with Crippen LogP contribution in [-0.2, 0) is 47.9 Å². The molecular weight excluding hydrogens is 1000 g/mol. The van der Waals surface area contributed by atoms with Gasteiger partial charge >= 0.3 is 0 Å². The van der Waals surface area contributed by atoms with Crippen LogP contribution in [0, 0.1) is 23.7 Å². The molecule has 1 rings (SSSR count). The second-order valence-corrected chi connectivity index (χ2v) is 24.2. The van der Waals surface area contributed by atoms with E-state index in [0.29, 0.717) is 38.9 Å². The van der Waals surface area contributed by atoms with Gasteiger partial charge in [0.05, 0.1) is 12.7 Å². The maximum atomic E-state index is 14.1. The molecule has 9 unspecified atom stereocenters. The minimum atomic E-state index is -1.67. The van der Waals surface area contributed by atoms with E-state index in [-0.39, 0.29) is 61.9 Å². The molecule has 9 amide bonds. The minimum Gasteiger partial charge on any atom is -0.395 e. The van der Waals surface area contributed by atoms with Crippen LogP contribution in [0.5, 0.6) is 0 Å². The number of hydrogen-bond acceptors (Lipinski definition) is 13. The molecule has 448 valence electrons. The Balaban J connectivity index is 3.19. The summed E-state index contributed by atoms with van der Waals surface area (Å²) in [6.45, 7) is 27.4. The second kappa shape index (κ2) is 32.8. The summed E-state index contributed by atoms with van der Waals surface area (Å²) in [5.41, 5.74) is -4.63. The van der Waals surface area contributed by atoms with Crippen LogP contribution in [0.15, 0.2) is 0 Å². The van der Waals surface area contributed by atoms with Crippen molar-refractivity contribution in [2.75, 3.05) is 33.3 Å². The van der Waals surface area contributed by atoms with Crippen molar-refractivity contribution in [3.8, 4) is 0 Å². The van der Waals surface area contributed by atoms with E-state index in [1.165, 1.54) is 48.5 Å². The summed E-state index contributed by atoms with van der Waals surface area (Å²) in [4.78, 5) is 140. The Morgan fingerprint density at radius 2 is 1.19 bits per heavy atom. The number of ketones is 1. The molecular formula is C56H102N10O12. The Morgan fingerprint density at radius 1 is 0.641 bits per heavy atom. The summed E-state index contributed by atoms with van der Waals surface area (Å²) in [7, 11) is 1.80. The first-order valence-electron chi connectivity index (χ1n) is 28.3. The number of aliphatic hydroxyl groups excluding tert-OH is 2. The van der Waals surface area contributed by atoms with Crippen molar-refractivity contribution >= 4 is 58.9 Å². The lowest BCUT2D eigenvalue weighted by Crippen LogP contribution is -2.66.